The first-order chi connectivity index (χ1) is 21.9. The lowest BCUT2D eigenvalue weighted by molar-refractivity contribution is 0.476. The molecule has 3 aromatic rings. The lowest BCUT2D eigenvalue weighted by Crippen LogP contribution is -2.33. The second kappa shape index (κ2) is 14.3. The van der Waals surface area contributed by atoms with E-state index in [-0.39, 0.29) is 10.8 Å². The zero-order valence-corrected chi connectivity index (χ0v) is 28.0. The molecular formula is C44H51N. The molecule has 0 amide bonds. The summed E-state index contributed by atoms with van der Waals surface area (Å²) in [5.74, 6) is 0. The van der Waals surface area contributed by atoms with E-state index in [4.69, 9.17) is 6.58 Å². The summed E-state index contributed by atoms with van der Waals surface area (Å²) in [5, 5.41) is 6.22. The quantitative estimate of drug-likeness (QED) is 0.163. The summed E-state index contributed by atoms with van der Waals surface area (Å²) in [5.41, 5.74) is 9.98. The Hall–Kier alpha value is -4.10. The van der Waals surface area contributed by atoms with Gasteiger partial charge in [-0.1, -0.05) is 157 Å². The van der Waals surface area contributed by atoms with Crippen LogP contribution in [0.4, 0.5) is 5.69 Å². The Bertz CT molecular complexity index is 1690. The molecule has 45 heavy (non-hydrogen) atoms. The first kappa shape index (κ1) is 32.3. The number of hydrogen-bond acceptors (Lipinski definition) is 1. The Morgan fingerprint density at radius 3 is 2.36 bits per heavy atom. The van der Waals surface area contributed by atoms with Crippen molar-refractivity contribution in [3.05, 3.63) is 149 Å². The number of fused-ring (bicyclic) bond motifs is 6. The second-order valence-electron chi connectivity index (χ2n) is 13.0. The highest BCUT2D eigenvalue weighted by Crippen LogP contribution is 2.51. The lowest BCUT2D eigenvalue weighted by Gasteiger charge is -2.41. The van der Waals surface area contributed by atoms with Crippen molar-refractivity contribution >= 4 is 28.6 Å². The molecular weight excluding hydrogens is 542 g/mol. The van der Waals surface area contributed by atoms with Crippen molar-refractivity contribution in [3.63, 3.8) is 0 Å². The Labute approximate surface area is 272 Å². The fourth-order valence-electron chi connectivity index (χ4n) is 7.50. The molecule has 232 valence electrons. The summed E-state index contributed by atoms with van der Waals surface area (Å²) in [7, 11) is 0. The molecule has 0 radical (unpaired) electrons. The maximum atomic E-state index is 4.70. The highest BCUT2D eigenvalue weighted by molar-refractivity contribution is 5.99. The molecule has 0 fully saturated rings. The SMILES string of the molecule is C=C/C=C(\C=C/C)C1(c2ccc(NCCC)cc2)C=Cc2c3c(c4ccccc4c2C1)/C=C\C=C/C(=C)C3(C)CCCCCC. The molecule has 0 heterocycles. The zero-order valence-electron chi connectivity index (χ0n) is 28.0. The van der Waals surface area contributed by atoms with Crippen LogP contribution in [0, 0.1) is 0 Å². The van der Waals surface area contributed by atoms with Crippen LogP contribution >= 0.6 is 0 Å². The standard InChI is InChI=1S/C44H51N/c1-7-11-12-17-29-43(6)33(5)20-13-14-23-39-37-21-15-16-22-38(37)41-32-44(30-28-40(41)42(39)43,34(18-8-2)19-9-3)35-24-26-36(27-25-35)45-31-10-4/h8-9,13-16,18-28,30,45H,2,5,7,10-12,17,29,31-32H2,1,3-4,6H3/b19-9-,20-13-,23-14-,34-18+. The van der Waals surface area contributed by atoms with Crippen molar-refractivity contribution in [1.29, 1.82) is 0 Å². The molecule has 0 aliphatic heterocycles. The highest BCUT2D eigenvalue weighted by Gasteiger charge is 2.40. The minimum atomic E-state index is -0.333. The minimum absolute atomic E-state index is 0.168. The van der Waals surface area contributed by atoms with Gasteiger partial charge in [0.1, 0.15) is 0 Å². The van der Waals surface area contributed by atoms with Gasteiger partial charge in [0, 0.05) is 23.1 Å². The number of allylic oxidation sites excluding steroid dienone is 10. The van der Waals surface area contributed by atoms with E-state index in [0.717, 1.165) is 25.8 Å². The molecule has 0 saturated heterocycles. The molecule has 0 bridgehead atoms. The monoisotopic (exact) mass is 593 g/mol. The van der Waals surface area contributed by atoms with E-state index in [2.05, 4.69) is 143 Å². The summed E-state index contributed by atoms with van der Waals surface area (Å²) in [6.45, 7) is 18.8. The number of anilines is 1. The van der Waals surface area contributed by atoms with E-state index in [1.54, 1.807) is 0 Å². The van der Waals surface area contributed by atoms with E-state index in [1.165, 1.54) is 81.1 Å². The van der Waals surface area contributed by atoms with Gasteiger partial charge in [-0.15, -0.1) is 0 Å². The number of unbranched alkanes of at least 4 members (excludes halogenated alkanes) is 3. The third kappa shape index (κ3) is 6.23. The second-order valence-corrected chi connectivity index (χ2v) is 13.0. The predicted octanol–water partition coefficient (Wildman–Crippen LogP) is 12.2. The number of hydrogen-bond donors (Lipinski definition) is 1. The summed E-state index contributed by atoms with van der Waals surface area (Å²) in [6, 6.07) is 18.2. The molecule has 2 aliphatic rings. The maximum Gasteiger partial charge on any atom is 0.0425 e. The predicted molar refractivity (Wildman–Crippen MR) is 200 cm³/mol. The fourth-order valence-corrected chi connectivity index (χ4v) is 7.50. The Morgan fingerprint density at radius 2 is 1.64 bits per heavy atom. The normalized spacial score (nSPS) is 22.5. The first-order valence-electron chi connectivity index (χ1n) is 17.0. The number of rotatable bonds is 12. The molecule has 3 aromatic carbocycles. The molecule has 2 aliphatic carbocycles. The largest absolute Gasteiger partial charge is 0.385 e. The average molecular weight is 594 g/mol. The summed E-state index contributed by atoms with van der Waals surface area (Å²) in [6.07, 6.45) is 30.5. The van der Waals surface area contributed by atoms with E-state index in [1.807, 2.05) is 6.08 Å². The third-order valence-electron chi connectivity index (χ3n) is 10.00. The Morgan fingerprint density at radius 1 is 0.889 bits per heavy atom. The lowest BCUT2D eigenvalue weighted by atomic mass is 9.61. The van der Waals surface area contributed by atoms with Crippen LogP contribution < -0.4 is 5.32 Å². The van der Waals surface area contributed by atoms with Gasteiger partial charge in [-0.2, -0.15) is 0 Å². The molecule has 1 heteroatoms. The van der Waals surface area contributed by atoms with E-state index in [9.17, 15) is 0 Å². The first-order valence-corrected chi connectivity index (χ1v) is 17.0. The average Bonchev–Trinajstić information content (AvgIpc) is 3.06. The van der Waals surface area contributed by atoms with Gasteiger partial charge in [0.05, 0.1) is 0 Å². The van der Waals surface area contributed by atoms with Crippen LogP contribution in [0.2, 0.25) is 0 Å². The minimum Gasteiger partial charge on any atom is -0.385 e. The van der Waals surface area contributed by atoms with Gasteiger partial charge >= 0.3 is 0 Å². The van der Waals surface area contributed by atoms with Crippen LogP contribution in [0.25, 0.3) is 22.9 Å². The molecule has 2 atom stereocenters. The summed E-state index contributed by atoms with van der Waals surface area (Å²) < 4.78 is 0. The van der Waals surface area contributed by atoms with Gasteiger partial charge in [0.15, 0.2) is 0 Å². The smallest absolute Gasteiger partial charge is 0.0425 e. The Kier molecular flexibility index (Phi) is 10.3. The number of benzene rings is 3. The summed E-state index contributed by atoms with van der Waals surface area (Å²) >= 11 is 0. The van der Waals surface area contributed by atoms with E-state index < -0.39 is 0 Å². The Balaban J connectivity index is 1.79. The zero-order chi connectivity index (χ0) is 31.9. The van der Waals surface area contributed by atoms with Crippen molar-refractivity contribution in [2.45, 2.75) is 83.5 Å². The summed E-state index contributed by atoms with van der Waals surface area (Å²) in [4.78, 5) is 0. The van der Waals surface area contributed by atoms with Crippen LogP contribution in [0.5, 0.6) is 0 Å². The van der Waals surface area contributed by atoms with E-state index in [0.29, 0.717) is 0 Å². The molecule has 0 spiro atoms. The van der Waals surface area contributed by atoms with Crippen molar-refractivity contribution < 1.29 is 0 Å². The van der Waals surface area contributed by atoms with Crippen LogP contribution in [0.15, 0.2) is 121 Å². The molecule has 2 unspecified atom stereocenters. The molecule has 0 saturated carbocycles. The van der Waals surface area contributed by atoms with Crippen LogP contribution in [-0.4, -0.2) is 6.54 Å². The van der Waals surface area contributed by atoms with Crippen LogP contribution in [-0.2, 0) is 17.3 Å². The van der Waals surface area contributed by atoms with Crippen LogP contribution in [0.3, 0.4) is 0 Å². The van der Waals surface area contributed by atoms with Crippen molar-refractivity contribution in [2.75, 3.05) is 11.9 Å². The number of nitrogens with one attached hydrogen (secondary N) is 1. The van der Waals surface area contributed by atoms with Gasteiger partial charge < -0.3 is 5.32 Å². The molecule has 1 N–H and O–H groups in total. The van der Waals surface area contributed by atoms with Crippen molar-refractivity contribution in [3.8, 4) is 0 Å². The van der Waals surface area contributed by atoms with Crippen molar-refractivity contribution in [2.24, 2.45) is 0 Å². The molecule has 5 rings (SSSR count). The fraction of sp³-hybridized carbons (Fsp3) is 0.318. The van der Waals surface area contributed by atoms with E-state index >= 15 is 0 Å². The van der Waals surface area contributed by atoms with Crippen LogP contribution in [0.1, 0.15) is 94.0 Å². The highest BCUT2D eigenvalue weighted by atomic mass is 14.9. The maximum absolute atomic E-state index is 4.70. The third-order valence-corrected chi connectivity index (χ3v) is 10.00. The van der Waals surface area contributed by atoms with Gasteiger partial charge in [0.2, 0.25) is 0 Å². The van der Waals surface area contributed by atoms with Gasteiger partial charge in [-0.05, 0) is 88.1 Å². The van der Waals surface area contributed by atoms with Gasteiger partial charge in [-0.25, -0.2) is 0 Å². The van der Waals surface area contributed by atoms with Gasteiger partial charge in [-0.3, -0.25) is 0 Å². The molecule has 0 aromatic heterocycles. The molecule has 1 nitrogen and oxygen atoms in total. The van der Waals surface area contributed by atoms with Gasteiger partial charge in [0.25, 0.3) is 0 Å². The van der Waals surface area contributed by atoms with Crippen molar-refractivity contribution in [1.82, 2.24) is 0 Å². The topological polar surface area (TPSA) is 12.0 Å².